The molecule has 1 aliphatic heterocycles. The van der Waals surface area contributed by atoms with Crippen LogP contribution in [0.5, 0.6) is 0 Å². The van der Waals surface area contributed by atoms with Crippen molar-refractivity contribution >= 4 is 11.9 Å². The standard InChI is InChI=1S/C14H23N5O/c1-4-16-14-17-9-11(13(20)19(2)3)12(18-14)10-5-7-15-8-6-10/h9-10,15H,4-8H2,1-3H3,(H,16,17,18). The van der Waals surface area contributed by atoms with Gasteiger partial charge in [0.2, 0.25) is 5.95 Å². The van der Waals surface area contributed by atoms with Gasteiger partial charge < -0.3 is 15.5 Å². The lowest BCUT2D eigenvalue weighted by atomic mass is 9.91. The number of carbonyl (C=O) groups excluding carboxylic acids is 1. The number of aromatic nitrogens is 2. The predicted octanol–water partition coefficient (Wildman–Crippen LogP) is 1.08. The molecule has 1 saturated heterocycles. The summed E-state index contributed by atoms with van der Waals surface area (Å²) in [5.41, 5.74) is 1.51. The Labute approximate surface area is 120 Å². The van der Waals surface area contributed by atoms with Crippen molar-refractivity contribution < 1.29 is 4.79 Å². The molecular formula is C14H23N5O. The Kier molecular flexibility index (Phi) is 4.89. The molecule has 6 nitrogen and oxygen atoms in total. The van der Waals surface area contributed by atoms with Crippen LogP contribution in [0.1, 0.15) is 41.7 Å². The summed E-state index contributed by atoms with van der Waals surface area (Å²) in [5, 5.41) is 6.46. The molecule has 1 aliphatic rings. The highest BCUT2D eigenvalue weighted by Gasteiger charge is 2.24. The first-order valence-corrected chi connectivity index (χ1v) is 7.16. The quantitative estimate of drug-likeness (QED) is 0.861. The highest BCUT2D eigenvalue weighted by atomic mass is 16.2. The summed E-state index contributed by atoms with van der Waals surface area (Å²) in [5.74, 6) is 0.911. The zero-order valence-electron chi connectivity index (χ0n) is 12.4. The van der Waals surface area contributed by atoms with E-state index in [0.717, 1.165) is 38.2 Å². The molecule has 0 aromatic carbocycles. The molecule has 20 heavy (non-hydrogen) atoms. The van der Waals surface area contributed by atoms with Crippen molar-refractivity contribution in [3.05, 3.63) is 17.5 Å². The Morgan fingerprint density at radius 3 is 2.75 bits per heavy atom. The molecule has 0 bridgehead atoms. The van der Waals surface area contributed by atoms with Crippen LogP contribution < -0.4 is 10.6 Å². The predicted molar refractivity (Wildman–Crippen MR) is 79.1 cm³/mol. The van der Waals surface area contributed by atoms with Gasteiger partial charge in [-0.2, -0.15) is 0 Å². The van der Waals surface area contributed by atoms with E-state index in [9.17, 15) is 4.79 Å². The largest absolute Gasteiger partial charge is 0.354 e. The van der Waals surface area contributed by atoms with Gasteiger partial charge in [-0.15, -0.1) is 0 Å². The van der Waals surface area contributed by atoms with Crippen molar-refractivity contribution in [3.63, 3.8) is 0 Å². The summed E-state index contributed by atoms with van der Waals surface area (Å²) in [6.07, 6.45) is 3.68. The minimum atomic E-state index is -0.0263. The molecule has 6 heteroatoms. The fourth-order valence-electron chi connectivity index (χ4n) is 2.45. The van der Waals surface area contributed by atoms with Gasteiger partial charge in [0.15, 0.2) is 0 Å². The maximum atomic E-state index is 12.3. The molecule has 0 atom stereocenters. The molecule has 0 radical (unpaired) electrons. The molecule has 1 fully saturated rings. The summed E-state index contributed by atoms with van der Waals surface area (Å²) in [4.78, 5) is 22.7. The van der Waals surface area contributed by atoms with Gasteiger partial charge in [-0.3, -0.25) is 4.79 Å². The monoisotopic (exact) mass is 277 g/mol. The van der Waals surface area contributed by atoms with Crippen LogP contribution in [0, 0.1) is 0 Å². The molecule has 0 unspecified atom stereocenters. The Balaban J connectivity index is 2.36. The topological polar surface area (TPSA) is 70.2 Å². The van der Waals surface area contributed by atoms with Gasteiger partial charge in [0, 0.05) is 32.8 Å². The fourth-order valence-corrected chi connectivity index (χ4v) is 2.45. The number of nitrogens with one attached hydrogen (secondary N) is 2. The second-order valence-corrected chi connectivity index (χ2v) is 5.25. The van der Waals surface area contributed by atoms with E-state index in [1.54, 1.807) is 25.2 Å². The number of anilines is 1. The Morgan fingerprint density at radius 1 is 1.45 bits per heavy atom. The molecule has 2 rings (SSSR count). The SMILES string of the molecule is CCNc1ncc(C(=O)N(C)C)c(C2CCNCC2)n1. The lowest BCUT2D eigenvalue weighted by Crippen LogP contribution is -2.30. The van der Waals surface area contributed by atoms with E-state index in [-0.39, 0.29) is 5.91 Å². The lowest BCUT2D eigenvalue weighted by Gasteiger charge is -2.24. The van der Waals surface area contributed by atoms with Crippen LogP contribution in [0.2, 0.25) is 0 Å². The zero-order chi connectivity index (χ0) is 14.5. The molecule has 0 saturated carbocycles. The maximum absolute atomic E-state index is 12.3. The zero-order valence-corrected chi connectivity index (χ0v) is 12.4. The first-order chi connectivity index (χ1) is 9.63. The van der Waals surface area contributed by atoms with Crippen molar-refractivity contribution in [3.8, 4) is 0 Å². The van der Waals surface area contributed by atoms with Crippen molar-refractivity contribution in [2.45, 2.75) is 25.7 Å². The van der Waals surface area contributed by atoms with Gasteiger partial charge in [-0.25, -0.2) is 9.97 Å². The van der Waals surface area contributed by atoms with Crippen LogP contribution in [0.4, 0.5) is 5.95 Å². The number of rotatable bonds is 4. The molecule has 0 spiro atoms. The third kappa shape index (κ3) is 3.25. The molecule has 1 aromatic heterocycles. The summed E-state index contributed by atoms with van der Waals surface area (Å²) >= 11 is 0. The first-order valence-electron chi connectivity index (χ1n) is 7.16. The van der Waals surface area contributed by atoms with Gasteiger partial charge in [0.05, 0.1) is 11.3 Å². The molecule has 1 amide bonds. The second kappa shape index (κ2) is 6.65. The first kappa shape index (κ1) is 14.7. The van der Waals surface area contributed by atoms with E-state index in [0.29, 0.717) is 17.4 Å². The summed E-state index contributed by atoms with van der Waals surface area (Å²) in [6, 6.07) is 0. The Hall–Kier alpha value is -1.69. The van der Waals surface area contributed by atoms with E-state index in [2.05, 4.69) is 20.6 Å². The number of amides is 1. The number of hydrogen-bond donors (Lipinski definition) is 2. The number of carbonyl (C=O) groups is 1. The molecule has 0 aliphatic carbocycles. The van der Waals surface area contributed by atoms with E-state index < -0.39 is 0 Å². The Morgan fingerprint density at radius 2 is 2.15 bits per heavy atom. The number of nitrogens with zero attached hydrogens (tertiary/aromatic N) is 3. The molecular weight excluding hydrogens is 254 g/mol. The van der Waals surface area contributed by atoms with E-state index in [1.807, 2.05) is 6.92 Å². The summed E-state index contributed by atoms with van der Waals surface area (Å²) in [7, 11) is 3.51. The molecule has 2 N–H and O–H groups in total. The van der Waals surface area contributed by atoms with Crippen LogP contribution in [0.25, 0.3) is 0 Å². The van der Waals surface area contributed by atoms with Crippen LogP contribution in [-0.4, -0.2) is 54.5 Å². The van der Waals surface area contributed by atoms with Crippen LogP contribution >= 0.6 is 0 Å². The third-order valence-electron chi connectivity index (χ3n) is 3.52. The van der Waals surface area contributed by atoms with Gasteiger partial charge in [0.25, 0.3) is 5.91 Å². The summed E-state index contributed by atoms with van der Waals surface area (Å²) < 4.78 is 0. The Bertz CT molecular complexity index is 469. The second-order valence-electron chi connectivity index (χ2n) is 5.25. The van der Waals surface area contributed by atoms with E-state index in [4.69, 9.17) is 0 Å². The minimum Gasteiger partial charge on any atom is -0.354 e. The smallest absolute Gasteiger partial charge is 0.256 e. The van der Waals surface area contributed by atoms with Crippen molar-refractivity contribution in [2.24, 2.45) is 0 Å². The normalized spacial score (nSPS) is 15.9. The number of hydrogen-bond acceptors (Lipinski definition) is 5. The van der Waals surface area contributed by atoms with Crippen LogP contribution in [0.15, 0.2) is 6.20 Å². The van der Waals surface area contributed by atoms with Gasteiger partial charge in [0.1, 0.15) is 0 Å². The van der Waals surface area contributed by atoms with Gasteiger partial charge in [-0.05, 0) is 32.9 Å². The highest BCUT2D eigenvalue weighted by molar-refractivity contribution is 5.95. The van der Waals surface area contributed by atoms with Gasteiger partial charge in [-0.1, -0.05) is 0 Å². The third-order valence-corrected chi connectivity index (χ3v) is 3.52. The van der Waals surface area contributed by atoms with E-state index in [1.165, 1.54) is 0 Å². The van der Waals surface area contributed by atoms with Crippen molar-refractivity contribution in [1.29, 1.82) is 0 Å². The fraction of sp³-hybridized carbons (Fsp3) is 0.643. The van der Waals surface area contributed by atoms with Crippen LogP contribution in [0.3, 0.4) is 0 Å². The maximum Gasteiger partial charge on any atom is 0.256 e. The molecule has 2 heterocycles. The lowest BCUT2D eigenvalue weighted by molar-refractivity contribution is 0.0824. The minimum absolute atomic E-state index is 0.0263. The van der Waals surface area contributed by atoms with Crippen molar-refractivity contribution in [1.82, 2.24) is 20.2 Å². The average Bonchev–Trinajstić information content (AvgIpc) is 2.47. The van der Waals surface area contributed by atoms with Crippen LogP contribution in [-0.2, 0) is 0 Å². The molecule has 1 aromatic rings. The molecule has 110 valence electrons. The number of piperidine rings is 1. The average molecular weight is 277 g/mol. The summed E-state index contributed by atoms with van der Waals surface area (Å²) in [6.45, 7) is 4.72. The van der Waals surface area contributed by atoms with Gasteiger partial charge >= 0.3 is 0 Å². The van der Waals surface area contributed by atoms with Crippen molar-refractivity contribution in [2.75, 3.05) is 39.0 Å². The highest BCUT2D eigenvalue weighted by Crippen LogP contribution is 2.27. The van der Waals surface area contributed by atoms with E-state index >= 15 is 0 Å².